The Balaban J connectivity index is 1.96. The van der Waals surface area contributed by atoms with E-state index in [1.807, 2.05) is 41.9 Å². The molecule has 1 heterocycles. The molecule has 1 N–H and O–H groups in total. The third-order valence-electron chi connectivity index (χ3n) is 2.89. The minimum absolute atomic E-state index is 0.110. The Morgan fingerprint density at radius 3 is 2.79 bits per heavy atom. The van der Waals surface area contributed by atoms with Crippen LogP contribution in [0.3, 0.4) is 0 Å². The second-order valence-corrected chi connectivity index (χ2v) is 4.22. The molecular formula is C14H16N2O3. The topological polar surface area (TPSA) is 64.4 Å². The van der Waals surface area contributed by atoms with Gasteiger partial charge < -0.3 is 14.4 Å². The van der Waals surface area contributed by atoms with E-state index in [9.17, 15) is 4.79 Å². The molecule has 0 aliphatic heterocycles. The lowest BCUT2D eigenvalue weighted by Crippen LogP contribution is -2.07. The molecule has 100 valence electrons. The van der Waals surface area contributed by atoms with E-state index < -0.39 is 5.97 Å². The van der Waals surface area contributed by atoms with E-state index in [1.165, 1.54) is 0 Å². The maximum absolute atomic E-state index is 10.5. The predicted molar refractivity (Wildman–Crippen MR) is 69.9 cm³/mol. The molecule has 5 heteroatoms. The van der Waals surface area contributed by atoms with Gasteiger partial charge in [0.25, 0.3) is 0 Å². The van der Waals surface area contributed by atoms with E-state index in [-0.39, 0.29) is 6.42 Å². The number of aryl methyl sites for hydroxylation is 1. The van der Waals surface area contributed by atoms with Gasteiger partial charge in [-0.25, -0.2) is 4.98 Å². The number of rotatable bonds is 6. The van der Waals surface area contributed by atoms with Gasteiger partial charge >= 0.3 is 5.97 Å². The molecule has 0 saturated carbocycles. The Morgan fingerprint density at radius 1 is 1.37 bits per heavy atom. The summed E-state index contributed by atoms with van der Waals surface area (Å²) in [6.07, 6.45) is 2.29. The third-order valence-corrected chi connectivity index (χ3v) is 2.89. The van der Waals surface area contributed by atoms with Gasteiger partial charge in [0, 0.05) is 18.9 Å². The first-order chi connectivity index (χ1) is 9.16. The number of carboxylic acids is 1. The van der Waals surface area contributed by atoms with E-state index in [1.54, 1.807) is 6.20 Å². The Morgan fingerprint density at radius 2 is 2.11 bits per heavy atom. The highest BCUT2D eigenvalue weighted by molar-refractivity contribution is 5.66. The second-order valence-electron chi connectivity index (χ2n) is 4.22. The summed E-state index contributed by atoms with van der Waals surface area (Å²) >= 11 is 0. The normalized spacial score (nSPS) is 10.4. The molecule has 0 atom stereocenters. The SMILES string of the molecule is Cn1c(CCC(=O)O)cnc1COc1ccccc1. The Hall–Kier alpha value is -2.30. The van der Waals surface area contributed by atoms with Gasteiger partial charge in [-0.3, -0.25) is 4.79 Å². The summed E-state index contributed by atoms with van der Waals surface area (Å²) in [5.41, 5.74) is 0.897. The fraction of sp³-hybridized carbons (Fsp3) is 0.286. The van der Waals surface area contributed by atoms with Crippen molar-refractivity contribution in [1.82, 2.24) is 9.55 Å². The number of carboxylic acid groups (broad SMARTS) is 1. The quantitative estimate of drug-likeness (QED) is 0.863. The van der Waals surface area contributed by atoms with Crippen LogP contribution in [0.2, 0.25) is 0 Å². The van der Waals surface area contributed by atoms with Crippen LogP contribution in [-0.2, 0) is 24.9 Å². The molecule has 2 rings (SSSR count). The van der Waals surface area contributed by atoms with E-state index in [0.717, 1.165) is 17.3 Å². The van der Waals surface area contributed by atoms with Crippen molar-refractivity contribution in [3.63, 3.8) is 0 Å². The summed E-state index contributed by atoms with van der Waals surface area (Å²) in [6.45, 7) is 0.369. The molecule has 0 spiro atoms. The van der Waals surface area contributed by atoms with Crippen LogP contribution >= 0.6 is 0 Å². The van der Waals surface area contributed by atoms with Gasteiger partial charge in [-0.1, -0.05) is 18.2 Å². The van der Waals surface area contributed by atoms with Crippen molar-refractivity contribution in [2.24, 2.45) is 7.05 Å². The summed E-state index contributed by atoms with van der Waals surface area (Å²) in [4.78, 5) is 14.8. The lowest BCUT2D eigenvalue weighted by Gasteiger charge is -2.07. The average Bonchev–Trinajstić information content (AvgIpc) is 2.76. The van der Waals surface area contributed by atoms with Crippen LogP contribution in [0, 0.1) is 0 Å². The second kappa shape index (κ2) is 6.04. The number of hydrogen-bond acceptors (Lipinski definition) is 3. The lowest BCUT2D eigenvalue weighted by molar-refractivity contribution is -0.136. The largest absolute Gasteiger partial charge is 0.486 e. The molecule has 0 saturated heterocycles. The molecule has 0 unspecified atom stereocenters. The van der Waals surface area contributed by atoms with Crippen molar-refractivity contribution in [3.05, 3.63) is 48.0 Å². The Labute approximate surface area is 111 Å². The minimum Gasteiger partial charge on any atom is -0.486 e. The molecule has 5 nitrogen and oxygen atoms in total. The molecule has 0 fully saturated rings. The number of benzene rings is 1. The highest BCUT2D eigenvalue weighted by Gasteiger charge is 2.08. The zero-order valence-electron chi connectivity index (χ0n) is 10.7. The van der Waals surface area contributed by atoms with Crippen molar-refractivity contribution < 1.29 is 14.6 Å². The average molecular weight is 260 g/mol. The molecule has 0 bridgehead atoms. The van der Waals surface area contributed by atoms with Crippen molar-refractivity contribution in [2.75, 3.05) is 0 Å². The first-order valence-corrected chi connectivity index (χ1v) is 6.06. The first kappa shape index (κ1) is 13.1. The van der Waals surface area contributed by atoms with Gasteiger partial charge in [0.05, 0.1) is 6.42 Å². The summed E-state index contributed by atoms with van der Waals surface area (Å²) in [7, 11) is 1.87. The number of carbonyl (C=O) groups is 1. The first-order valence-electron chi connectivity index (χ1n) is 6.06. The van der Waals surface area contributed by atoms with Crippen molar-refractivity contribution in [3.8, 4) is 5.75 Å². The van der Waals surface area contributed by atoms with Crippen LogP contribution < -0.4 is 4.74 Å². The number of aromatic nitrogens is 2. The maximum Gasteiger partial charge on any atom is 0.303 e. The predicted octanol–water partition coefficient (Wildman–Crippen LogP) is 2.02. The van der Waals surface area contributed by atoms with Gasteiger partial charge in [-0.15, -0.1) is 0 Å². The van der Waals surface area contributed by atoms with E-state index >= 15 is 0 Å². The summed E-state index contributed by atoms with van der Waals surface area (Å²) in [6, 6.07) is 9.51. The maximum atomic E-state index is 10.5. The van der Waals surface area contributed by atoms with Gasteiger partial charge in [0.15, 0.2) is 0 Å². The van der Waals surface area contributed by atoms with Crippen molar-refractivity contribution in [1.29, 1.82) is 0 Å². The van der Waals surface area contributed by atoms with Crippen molar-refractivity contribution in [2.45, 2.75) is 19.4 Å². The van der Waals surface area contributed by atoms with E-state index in [0.29, 0.717) is 13.0 Å². The number of hydrogen-bond donors (Lipinski definition) is 1. The molecule has 2 aromatic rings. The van der Waals surface area contributed by atoms with Crippen LogP contribution in [0.1, 0.15) is 17.9 Å². The molecule has 0 amide bonds. The van der Waals surface area contributed by atoms with E-state index in [4.69, 9.17) is 9.84 Å². The Bertz CT molecular complexity index is 549. The molecule has 19 heavy (non-hydrogen) atoms. The minimum atomic E-state index is -0.803. The fourth-order valence-electron chi connectivity index (χ4n) is 1.75. The van der Waals surface area contributed by atoms with Crippen molar-refractivity contribution >= 4 is 5.97 Å². The van der Waals surface area contributed by atoms with Crippen LogP contribution in [0.4, 0.5) is 0 Å². The number of aliphatic carboxylic acids is 1. The van der Waals surface area contributed by atoms with Crippen LogP contribution in [-0.4, -0.2) is 20.6 Å². The molecular weight excluding hydrogens is 244 g/mol. The number of ether oxygens (including phenoxy) is 1. The number of para-hydroxylation sites is 1. The number of nitrogens with zero attached hydrogens (tertiary/aromatic N) is 2. The summed E-state index contributed by atoms with van der Waals surface area (Å²) < 4.78 is 7.49. The molecule has 1 aromatic carbocycles. The third kappa shape index (κ3) is 3.58. The van der Waals surface area contributed by atoms with Gasteiger partial charge in [0.2, 0.25) is 0 Å². The molecule has 0 aliphatic rings. The van der Waals surface area contributed by atoms with Crippen LogP contribution in [0.15, 0.2) is 36.5 Å². The standard InChI is InChI=1S/C14H16N2O3/c1-16-11(7-8-14(17)18)9-15-13(16)10-19-12-5-3-2-4-6-12/h2-6,9H,7-8,10H2,1H3,(H,17,18). The monoisotopic (exact) mass is 260 g/mol. The van der Waals surface area contributed by atoms with Crippen LogP contribution in [0.25, 0.3) is 0 Å². The lowest BCUT2D eigenvalue weighted by atomic mass is 10.2. The number of imidazole rings is 1. The zero-order valence-corrected chi connectivity index (χ0v) is 10.7. The van der Waals surface area contributed by atoms with Crippen LogP contribution in [0.5, 0.6) is 5.75 Å². The zero-order chi connectivity index (χ0) is 13.7. The summed E-state index contributed by atoms with van der Waals surface area (Å²) in [5, 5.41) is 8.67. The van der Waals surface area contributed by atoms with Gasteiger partial charge in [-0.2, -0.15) is 0 Å². The molecule has 0 aliphatic carbocycles. The summed E-state index contributed by atoms with van der Waals surface area (Å²) in [5.74, 6) is 0.769. The highest BCUT2D eigenvalue weighted by Crippen LogP contribution is 2.12. The Kier molecular flexibility index (Phi) is 4.18. The van der Waals surface area contributed by atoms with Gasteiger partial charge in [0.1, 0.15) is 18.2 Å². The molecule has 1 aromatic heterocycles. The van der Waals surface area contributed by atoms with Gasteiger partial charge in [-0.05, 0) is 18.6 Å². The highest BCUT2D eigenvalue weighted by atomic mass is 16.5. The molecule has 0 radical (unpaired) electrons. The fourth-order valence-corrected chi connectivity index (χ4v) is 1.75. The van der Waals surface area contributed by atoms with E-state index in [2.05, 4.69) is 4.98 Å². The smallest absolute Gasteiger partial charge is 0.303 e.